The predicted octanol–water partition coefficient (Wildman–Crippen LogP) is 4.34. The fourth-order valence-corrected chi connectivity index (χ4v) is 5.32. The Labute approximate surface area is 218 Å². The number of imidazole rings is 1. The molecule has 1 aliphatic carbocycles. The van der Waals surface area contributed by atoms with E-state index in [2.05, 4.69) is 47.5 Å². The first-order valence-corrected chi connectivity index (χ1v) is 13.5. The van der Waals surface area contributed by atoms with E-state index in [0.717, 1.165) is 80.4 Å². The van der Waals surface area contributed by atoms with Crippen LogP contribution in [0.2, 0.25) is 0 Å². The minimum absolute atomic E-state index is 0.269. The van der Waals surface area contributed by atoms with Crippen molar-refractivity contribution in [1.29, 1.82) is 0 Å². The maximum Gasteiger partial charge on any atom is 0.231 e. The zero-order chi connectivity index (χ0) is 25.6. The van der Waals surface area contributed by atoms with E-state index in [1.54, 1.807) is 20.4 Å². The third kappa shape index (κ3) is 6.30. The van der Waals surface area contributed by atoms with Crippen LogP contribution in [0.25, 0.3) is 11.2 Å². The quantitative estimate of drug-likeness (QED) is 0.370. The van der Waals surface area contributed by atoms with Gasteiger partial charge in [0.25, 0.3) is 0 Å². The van der Waals surface area contributed by atoms with Crippen LogP contribution in [0.1, 0.15) is 51.9 Å². The number of ether oxygens (including phenoxy) is 1. The number of Topliss-reactive ketones (excluding diaryl/α,β-unsaturated/α-hetero) is 1. The van der Waals surface area contributed by atoms with E-state index in [9.17, 15) is 4.79 Å². The third-order valence-corrected chi connectivity index (χ3v) is 7.40. The van der Waals surface area contributed by atoms with Crippen LogP contribution in [-0.4, -0.2) is 76.5 Å². The van der Waals surface area contributed by atoms with E-state index in [-0.39, 0.29) is 5.78 Å². The molecule has 198 valence electrons. The van der Waals surface area contributed by atoms with E-state index in [4.69, 9.17) is 9.72 Å². The molecule has 1 aromatic carbocycles. The topological polar surface area (TPSA) is 111 Å². The Morgan fingerprint density at radius 1 is 1.14 bits per heavy atom. The van der Waals surface area contributed by atoms with Gasteiger partial charge in [0.1, 0.15) is 17.0 Å². The monoisotopic (exact) mass is 506 g/mol. The van der Waals surface area contributed by atoms with E-state index in [0.29, 0.717) is 24.1 Å². The van der Waals surface area contributed by atoms with Crippen molar-refractivity contribution in [2.75, 3.05) is 55.4 Å². The van der Waals surface area contributed by atoms with Crippen LogP contribution < -0.4 is 20.3 Å². The number of carbonyl (C=O) groups is 1. The molecule has 0 bridgehead atoms. The molecule has 2 aliphatic rings. The highest BCUT2D eigenvalue weighted by Crippen LogP contribution is 2.33. The predicted molar refractivity (Wildman–Crippen MR) is 147 cm³/mol. The first-order valence-electron chi connectivity index (χ1n) is 13.5. The minimum Gasteiger partial charge on any atom is -0.494 e. The molecule has 3 N–H and O–H groups in total. The molecule has 10 heteroatoms. The number of anilines is 4. The van der Waals surface area contributed by atoms with Gasteiger partial charge in [-0.3, -0.25) is 4.90 Å². The molecular formula is C27H38N8O2. The number of methoxy groups -OCH3 is 1. The van der Waals surface area contributed by atoms with Gasteiger partial charge < -0.3 is 30.0 Å². The Kier molecular flexibility index (Phi) is 8.03. The lowest BCUT2D eigenvalue weighted by atomic mass is 9.95. The van der Waals surface area contributed by atoms with Crippen molar-refractivity contribution in [1.82, 2.24) is 24.8 Å². The van der Waals surface area contributed by atoms with Crippen LogP contribution in [0.15, 0.2) is 24.5 Å². The summed E-state index contributed by atoms with van der Waals surface area (Å²) in [6, 6.07) is 6.64. The fourth-order valence-electron chi connectivity index (χ4n) is 5.32. The summed E-state index contributed by atoms with van der Waals surface area (Å²) in [5, 5.41) is 6.97. The molecule has 0 atom stereocenters. The Balaban J connectivity index is 1.26. The zero-order valence-electron chi connectivity index (χ0n) is 21.9. The van der Waals surface area contributed by atoms with Gasteiger partial charge in [0.15, 0.2) is 11.5 Å². The highest BCUT2D eigenvalue weighted by atomic mass is 16.5. The van der Waals surface area contributed by atoms with Crippen molar-refractivity contribution in [3.63, 3.8) is 0 Å². The summed E-state index contributed by atoms with van der Waals surface area (Å²) in [7, 11) is 1.69. The number of nitrogens with zero attached hydrogens (tertiary/aromatic N) is 5. The number of hydrogen-bond donors (Lipinski definition) is 3. The highest BCUT2D eigenvalue weighted by molar-refractivity contribution is 5.84. The van der Waals surface area contributed by atoms with E-state index < -0.39 is 0 Å². The van der Waals surface area contributed by atoms with Gasteiger partial charge in [0.2, 0.25) is 5.95 Å². The van der Waals surface area contributed by atoms with Crippen molar-refractivity contribution in [2.24, 2.45) is 0 Å². The molecule has 5 rings (SSSR count). The zero-order valence-corrected chi connectivity index (χ0v) is 21.9. The highest BCUT2D eigenvalue weighted by Gasteiger charge is 2.20. The van der Waals surface area contributed by atoms with Gasteiger partial charge in [0.05, 0.1) is 19.1 Å². The number of benzene rings is 1. The Morgan fingerprint density at radius 3 is 2.70 bits per heavy atom. The second-order valence-corrected chi connectivity index (χ2v) is 10.1. The molecule has 10 nitrogen and oxygen atoms in total. The largest absolute Gasteiger partial charge is 0.494 e. The van der Waals surface area contributed by atoms with Crippen LogP contribution in [-0.2, 0) is 4.79 Å². The van der Waals surface area contributed by atoms with Gasteiger partial charge >= 0.3 is 0 Å². The summed E-state index contributed by atoms with van der Waals surface area (Å²) >= 11 is 0. The Hall–Kier alpha value is -3.40. The van der Waals surface area contributed by atoms with Crippen LogP contribution in [0.5, 0.6) is 5.75 Å². The average Bonchev–Trinajstić information content (AvgIpc) is 3.39. The number of H-pyrrole nitrogens is 1. The van der Waals surface area contributed by atoms with Gasteiger partial charge in [-0.25, -0.2) is 4.98 Å². The lowest BCUT2D eigenvalue weighted by molar-refractivity contribution is -0.117. The number of ketones is 1. The van der Waals surface area contributed by atoms with Crippen LogP contribution in [0, 0.1) is 0 Å². The summed E-state index contributed by atoms with van der Waals surface area (Å²) in [5.74, 6) is 2.29. The molecule has 1 aliphatic heterocycles. The molecule has 2 fully saturated rings. The molecular weight excluding hydrogens is 468 g/mol. The molecule has 1 saturated carbocycles. The maximum absolute atomic E-state index is 11.2. The molecule has 0 amide bonds. The molecule has 1 saturated heterocycles. The minimum atomic E-state index is 0.269. The second kappa shape index (κ2) is 11.8. The van der Waals surface area contributed by atoms with Crippen molar-refractivity contribution in [3.05, 3.63) is 24.5 Å². The summed E-state index contributed by atoms with van der Waals surface area (Å²) in [6.07, 6.45) is 9.38. The van der Waals surface area contributed by atoms with E-state index >= 15 is 0 Å². The van der Waals surface area contributed by atoms with Crippen molar-refractivity contribution < 1.29 is 9.53 Å². The Morgan fingerprint density at radius 2 is 1.95 bits per heavy atom. The summed E-state index contributed by atoms with van der Waals surface area (Å²) in [6.45, 7) is 6.54. The lowest BCUT2D eigenvalue weighted by Crippen LogP contribution is -2.46. The van der Waals surface area contributed by atoms with Gasteiger partial charge in [0, 0.05) is 50.4 Å². The summed E-state index contributed by atoms with van der Waals surface area (Å²) in [5.41, 5.74) is 3.41. The van der Waals surface area contributed by atoms with Crippen molar-refractivity contribution in [2.45, 2.75) is 57.9 Å². The number of fused-ring (bicyclic) bond motifs is 1. The van der Waals surface area contributed by atoms with Crippen molar-refractivity contribution in [3.8, 4) is 5.75 Å². The molecule has 0 unspecified atom stereocenters. The van der Waals surface area contributed by atoms with Gasteiger partial charge in [-0.2, -0.15) is 9.97 Å². The fraction of sp³-hybridized carbons (Fsp3) is 0.556. The molecule has 0 radical (unpaired) electrons. The average molecular weight is 507 g/mol. The number of piperazine rings is 1. The van der Waals surface area contributed by atoms with Crippen LogP contribution >= 0.6 is 0 Å². The number of rotatable bonds is 10. The van der Waals surface area contributed by atoms with E-state index in [1.165, 1.54) is 19.3 Å². The molecule has 3 heterocycles. The normalized spacial score (nSPS) is 17.2. The van der Waals surface area contributed by atoms with Crippen LogP contribution in [0.3, 0.4) is 0 Å². The lowest BCUT2D eigenvalue weighted by Gasteiger charge is -2.36. The van der Waals surface area contributed by atoms with Gasteiger partial charge in [-0.05, 0) is 44.9 Å². The number of carbonyl (C=O) groups excluding carboxylic acids is 1. The number of aromatic nitrogens is 4. The third-order valence-electron chi connectivity index (χ3n) is 7.40. The number of nitrogens with one attached hydrogen (secondary N) is 3. The standard InChI is InChI=1S/C27H38N8O2/c1-19(36)7-6-12-34-13-15-35(16-14-34)21-10-11-22(23(17-21)37-2)31-27-32-25-24(28-18-29-25)26(33-27)30-20-8-4-3-5-9-20/h10-11,17-18,20H,3-9,12-16H2,1-2H3,(H3,28,29,30,31,32,33). The summed E-state index contributed by atoms with van der Waals surface area (Å²) < 4.78 is 5.75. The van der Waals surface area contributed by atoms with Crippen LogP contribution in [0.4, 0.5) is 23.1 Å². The first kappa shape index (κ1) is 25.3. The first-order chi connectivity index (χ1) is 18.1. The maximum atomic E-state index is 11.2. The van der Waals surface area contributed by atoms with Gasteiger partial charge in [-0.1, -0.05) is 19.3 Å². The molecule has 2 aromatic heterocycles. The number of hydrogen-bond acceptors (Lipinski definition) is 9. The SMILES string of the molecule is COc1cc(N2CCN(CCCC(C)=O)CC2)ccc1Nc1nc(NC2CCCCC2)c2[nH]cnc2n1. The molecule has 0 spiro atoms. The Bertz CT molecular complexity index is 1200. The van der Waals surface area contributed by atoms with E-state index in [1.807, 2.05) is 6.07 Å². The number of aromatic amines is 1. The van der Waals surface area contributed by atoms with Gasteiger partial charge in [-0.15, -0.1) is 0 Å². The second-order valence-electron chi connectivity index (χ2n) is 10.1. The molecule has 37 heavy (non-hydrogen) atoms. The van der Waals surface area contributed by atoms with Crippen molar-refractivity contribution >= 4 is 40.1 Å². The smallest absolute Gasteiger partial charge is 0.231 e. The summed E-state index contributed by atoms with van der Waals surface area (Å²) in [4.78, 5) is 33.0. The molecule has 3 aromatic rings.